The van der Waals surface area contributed by atoms with Crippen LogP contribution in [0.1, 0.15) is 22.3 Å². The second-order valence-corrected chi connectivity index (χ2v) is 4.26. The molecule has 0 unspecified atom stereocenters. The summed E-state index contributed by atoms with van der Waals surface area (Å²) >= 11 is 0. The van der Waals surface area contributed by atoms with E-state index in [-0.39, 0.29) is 30.2 Å². The lowest BCUT2D eigenvalue weighted by Gasteiger charge is -2.17. The van der Waals surface area contributed by atoms with Crippen LogP contribution in [0.25, 0.3) is 0 Å². The third-order valence-electron chi connectivity index (χ3n) is 2.93. The van der Waals surface area contributed by atoms with Crippen molar-refractivity contribution in [3.8, 4) is 0 Å². The first kappa shape index (κ1) is 13.9. The summed E-state index contributed by atoms with van der Waals surface area (Å²) in [6, 6.07) is 4.31. The minimum absolute atomic E-state index is 0. The van der Waals surface area contributed by atoms with Crippen LogP contribution in [0.2, 0.25) is 0 Å². The van der Waals surface area contributed by atoms with E-state index in [0.29, 0.717) is 24.2 Å². The molecule has 0 bridgehead atoms. The Morgan fingerprint density at radius 2 is 2.24 bits per heavy atom. The second kappa shape index (κ2) is 5.47. The summed E-state index contributed by atoms with van der Waals surface area (Å²) in [5.41, 5.74) is 6.99. The van der Waals surface area contributed by atoms with E-state index in [1.807, 2.05) is 0 Å². The van der Waals surface area contributed by atoms with Gasteiger partial charge in [-0.3, -0.25) is 4.79 Å². The molecule has 1 fully saturated rings. The smallest absolute Gasteiger partial charge is 0.254 e. The normalized spacial score (nSPS) is 19.0. The Morgan fingerprint density at radius 1 is 1.53 bits per heavy atom. The maximum Gasteiger partial charge on any atom is 0.254 e. The summed E-state index contributed by atoms with van der Waals surface area (Å²) in [5, 5.41) is 0. The minimum Gasteiger partial charge on any atom is -0.337 e. The van der Waals surface area contributed by atoms with Crippen LogP contribution in [0.4, 0.5) is 4.39 Å². The number of benzene rings is 1. The van der Waals surface area contributed by atoms with Crippen molar-refractivity contribution in [1.82, 2.24) is 4.90 Å². The van der Waals surface area contributed by atoms with Gasteiger partial charge in [0.2, 0.25) is 0 Å². The Hall–Kier alpha value is -1.13. The van der Waals surface area contributed by atoms with Gasteiger partial charge >= 0.3 is 0 Å². The van der Waals surface area contributed by atoms with E-state index in [0.717, 1.165) is 6.42 Å². The molecule has 0 spiro atoms. The molecule has 3 nitrogen and oxygen atoms in total. The fourth-order valence-electron chi connectivity index (χ4n) is 2.01. The minimum atomic E-state index is -0.313. The van der Waals surface area contributed by atoms with Gasteiger partial charge in [-0.25, -0.2) is 4.39 Å². The second-order valence-electron chi connectivity index (χ2n) is 4.26. The van der Waals surface area contributed by atoms with Gasteiger partial charge in [-0.05, 0) is 37.1 Å². The number of rotatable bonds is 1. The van der Waals surface area contributed by atoms with Gasteiger partial charge in [0.25, 0.3) is 5.91 Å². The molecule has 1 atom stereocenters. The SMILES string of the molecule is Cc1cc(F)ccc1C(=O)N1CC[C@@H](N)C1.Cl. The highest BCUT2D eigenvalue weighted by molar-refractivity contribution is 5.95. The van der Waals surface area contributed by atoms with E-state index in [4.69, 9.17) is 5.73 Å². The van der Waals surface area contributed by atoms with Gasteiger partial charge in [0, 0.05) is 24.7 Å². The van der Waals surface area contributed by atoms with Crippen LogP contribution in [-0.4, -0.2) is 29.9 Å². The van der Waals surface area contributed by atoms with Crippen molar-refractivity contribution in [2.24, 2.45) is 5.73 Å². The van der Waals surface area contributed by atoms with Gasteiger partial charge in [-0.1, -0.05) is 0 Å². The van der Waals surface area contributed by atoms with Crippen LogP contribution in [0.5, 0.6) is 0 Å². The molecule has 0 aromatic heterocycles. The number of hydrogen-bond donors (Lipinski definition) is 1. The molecule has 0 radical (unpaired) electrons. The molecule has 5 heteroatoms. The summed E-state index contributed by atoms with van der Waals surface area (Å²) in [7, 11) is 0. The Kier molecular flexibility index (Phi) is 4.48. The van der Waals surface area contributed by atoms with E-state index in [1.54, 1.807) is 11.8 Å². The zero-order valence-electron chi connectivity index (χ0n) is 9.65. The molecule has 2 N–H and O–H groups in total. The monoisotopic (exact) mass is 258 g/mol. The highest BCUT2D eigenvalue weighted by Crippen LogP contribution is 2.16. The molecule has 1 heterocycles. The van der Waals surface area contributed by atoms with Crippen molar-refractivity contribution in [2.45, 2.75) is 19.4 Å². The maximum atomic E-state index is 12.9. The molecule has 0 aliphatic carbocycles. The largest absolute Gasteiger partial charge is 0.337 e. The summed E-state index contributed by atoms with van der Waals surface area (Å²) in [4.78, 5) is 13.8. The van der Waals surface area contributed by atoms with Crippen LogP contribution < -0.4 is 5.73 Å². The molecule has 17 heavy (non-hydrogen) atoms. The third kappa shape index (κ3) is 2.96. The lowest BCUT2D eigenvalue weighted by atomic mass is 10.1. The average Bonchev–Trinajstić information content (AvgIpc) is 2.64. The fourth-order valence-corrected chi connectivity index (χ4v) is 2.01. The van der Waals surface area contributed by atoms with Crippen LogP contribution in [0.15, 0.2) is 18.2 Å². The van der Waals surface area contributed by atoms with Gasteiger partial charge in [0.05, 0.1) is 0 Å². The van der Waals surface area contributed by atoms with Gasteiger partial charge in [0.1, 0.15) is 5.82 Å². The Morgan fingerprint density at radius 3 is 2.76 bits per heavy atom. The van der Waals surface area contributed by atoms with Crippen molar-refractivity contribution in [3.63, 3.8) is 0 Å². The maximum absolute atomic E-state index is 12.9. The van der Waals surface area contributed by atoms with Crippen LogP contribution in [0.3, 0.4) is 0 Å². The Bertz CT molecular complexity index is 425. The van der Waals surface area contributed by atoms with E-state index in [1.165, 1.54) is 18.2 Å². The Labute approximate surface area is 106 Å². The van der Waals surface area contributed by atoms with Crippen LogP contribution in [-0.2, 0) is 0 Å². The lowest BCUT2D eigenvalue weighted by Crippen LogP contribution is -2.32. The number of hydrogen-bond acceptors (Lipinski definition) is 2. The zero-order valence-corrected chi connectivity index (χ0v) is 10.5. The number of amides is 1. The number of halogens is 2. The van der Waals surface area contributed by atoms with Gasteiger partial charge < -0.3 is 10.6 Å². The molecule has 0 saturated carbocycles. The third-order valence-corrected chi connectivity index (χ3v) is 2.93. The number of nitrogens with zero attached hydrogens (tertiary/aromatic N) is 1. The molecule has 1 aliphatic heterocycles. The molecular weight excluding hydrogens is 243 g/mol. The quantitative estimate of drug-likeness (QED) is 0.834. The van der Waals surface area contributed by atoms with Crippen molar-refractivity contribution < 1.29 is 9.18 Å². The summed E-state index contributed by atoms with van der Waals surface area (Å²) in [6.45, 7) is 3.03. The topological polar surface area (TPSA) is 46.3 Å². The molecule has 1 aliphatic rings. The van der Waals surface area contributed by atoms with E-state index in [2.05, 4.69) is 0 Å². The molecule has 1 saturated heterocycles. The Balaban J connectivity index is 0.00000144. The first-order valence-electron chi connectivity index (χ1n) is 5.39. The molecule has 1 amide bonds. The van der Waals surface area contributed by atoms with E-state index < -0.39 is 0 Å². The molecular formula is C12H16ClFN2O. The van der Waals surface area contributed by atoms with Crippen LogP contribution >= 0.6 is 12.4 Å². The summed E-state index contributed by atoms with van der Waals surface area (Å²) in [5.74, 6) is -0.363. The number of carbonyl (C=O) groups is 1. The molecule has 2 rings (SSSR count). The number of carbonyl (C=O) groups excluding carboxylic acids is 1. The van der Waals surface area contributed by atoms with Crippen LogP contribution in [0, 0.1) is 12.7 Å². The lowest BCUT2D eigenvalue weighted by molar-refractivity contribution is 0.0790. The van der Waals surface area contributed by atoms with Gasteiger partial charge in [0.15, 0.2) is 0 Å². The fraction of sp³-hybridized carbons (Fsp3) is 0.417. The predicted octanol–water partition coefficient (Wildman–Crippen LogP) is 1.73. The van der Waals surface area contributed by atoms with E-state index >= 15 is 0 Å². The molecule has 94 valence electrons. The highest BCUT2D eigenvalue weighted by atomic mass is 35.5. The van der Waals surface area contributed by atoms with Gasteiger partial charge in [-0.15, -0.1) is 12.4 Å². The average molecular weight is 259 g/mol. The zero-order chi connectivity index (χ0) is 11.7. The number of likely N-dealkylation sites (tertiary alicyclic amines) is 1. The summed E-state index contributed by atoms with van der Waals surface area (Å²) < 4.78 is 12.9. The predicted molar refractivity (Wildman–Crippen MR) is 66.9 cm³/mol. The first-order valence-corrected chi connectivity index (χ1v) is 5.39. The number of nitrogens with two attached hydrogens (primary N) is 1. The van der Waals surface area contributed by atoms with Crippen molar-refractivity contribution in [3.05, 3.63) is 35.1 Å². The molecule has 1 aromatic carbocycles. The first-order chi connectivity index (χ1) is 7.58. The number of aryl methyl sites for hydroxylation is 1. The van der Waals surface area contributed by atoms with Gasteiger partial charge in [-0.2, -0.15) is 0 Å². The highest BCUT2D eigenvalue weighted by Gasteiger charge is 2.25. The van der Waals surface area contributed by atoms with Crippen molar-refractivity contribution in [1.29, 1.82) is 0 Å². The summed E-state index contributed by atoms with van der Waals surface area (Å²) in [6.07, 6.45) is 0.839. The van der Waals surface area contributed by atoms with Crippen molar-refractivity contribution in [2.75, 3.05) is 13.1 Å². The molecule has 1 aromatic rings. The van der Waals surface area contributed by atoms with E-state index in [9.17, 15) is 9.18 Å². The standard InChI is InChI=1S/C12H15FN2O.ClH/c1-8-6-9(13)2-3-11(8)12(16)15-5-4-10(14)7-15;/h2-3,6,10H,4-5,7,14H2,1H3;1H/t10-;/m1./s1. The van der Waals surface area contributed by atoms with Crippen molar-refractivity contribution >= 4 is 18.3 Å².